The van der Waals surface area contributed by atoms with Gasteiger partial charge in [-0.25, -0.2) is 0 Å². The van der Waals surface area contributed by atoms with Gasteiger partial charge in [0.05, 0.1) is 0 Å². The number of carbonyl (C=O) groups excluding carboxylic acids is 1. The van der Waals surface area contributed by atoms with Crippen molar-refractivity contribution in [3.8, 4) is 20.2 Å². The molecule has 128 valence electrons. The van der Waals surface area contributed by atoms with Crippen molar-refractivity contribution in [1.82, 2.24) is 0 Å². The molecule has 2 aliphatic carbocycles. The van der Waals surface area contributed by atoms with Gasteiger partial charge in [-0.1, -0.05) is 26.0 Å². The lowest BCUT2D eigenvalue weighted by Crippen LogP contribution is -2.14. The molecule has 2 aliphatic rings. The van der Waals surface area contributed by atoms with Gasteiger partial charge in [0, 0.05) is 51.2 Å². The molecule has 0 amide bonds. The number of rotatable bonds is 0. The molecule has 0 unspecified atom stereocenters. The van der Waals surface area contributed by atoms with Gasteiger partial charge in [0.1, 0.15) is 0 Å². The van der Waals surface area contributed by atoms with E-state index in [0.717, 1.165) is 21.6 Å². The van der Waals surface area contributed by atoms with E-state index < -0.39 is 0 Å². The second-order valence-corrected chi connectivity index (χ2v) is 11.4. The van der Waals surface area contributed by atoms with Crippen LogP contribution in [0.4, 0.5) is 0 Å². The summed E-state index contributed by atoms with van der Waals surface area (Å²) in [5.41, 5.74) is 5.84. The summed E-state index contributed by atoms with van der Waals surface area (Å²) in [5.74, 6) is 0.213. The topological polar surface area (TPSA) is 17.1 Å². The second kappa shape index (κ2) is 4.56. The summed E-state index contributed by atoms with van der Waals surface area (Å²) >= 11 is 5.46. The molecule has 4 heteroatoms. The van der Waals surface area contributed by atoms with Crippen molar-refractivity contribution in [2.24, 2.45) is 0 Å². The van der Waals surface area contributed by atoms with Crippen molar-refractivity contribution < 1.29 is 4.79 Å². The fourth-order valence-electron chi connectivity index (χ4n) is 4.66. The monoisotopic (exact) mass is 392 g/mol. The highest BCUT2D eigenvalue weighted by atomic mass is 32.1. The third-order valence-corrected chi connectivity index (χ3v) is 9.31. The molecule has 0 spiro atoms. The minimum Gasteiger partial charge on any atom is -0.288 e. The number of ketones is 1. The lowest BCUT2D eigenvalue weighted by molar-refractivity contribution is 0.104. The molecular weight excluding hydrogens is 376 g/mol. The zero-order valence-electron chi connectivity index (χ0n) is 14.9. The zero-order valence-corrected chi connectivity index (χ0v) is 17.4. The molecule has 0 bridgehead atoms. The quantitative estimate of drug-likeness (QED) is 0.273. The van der Waals surface area contributed by atoms with Crippen LogP contribution in [0.5, 0.6) is 0 Å². The largest absolute Gasteiger partial charge is 0.288 e. The van der Waals surface area contributed by atoms with E-state index in [4.69, 9.17) is 0 Å². The average Bonchev–Trinajstić information content (AvgIpc) is 3.32. The van der Waals surface area contributed by atoms with Crippen molar-refractivity contribution in [2.75, 3.05) is 0 Å². The molecule has 3 aromatic heterocycles. The van der Waals surface area contributed by atoms with Crippen molar-refractivity contribution in [3.63, 3.8) is 0 Å². The van der Waals surface area contributed by atoms with Crippen molar-refractivity contribution in [3.05, 3.63) is 56.3 Å². The first-order valence-corrected chi connectivity index (χ1v) is 11.2. The van der Waals surface area contributed by atoms with E-state index in [1.165, 1.54) is 40.7 Å². The van der Waals surface area contributed by atoms with E-state index in [0.29, 0.717) is 0 Å². The zero-order chi connectivity index (χ0) is 18.0. The Hall–Kier alpha value is -1.75. The molecule has 6 rings (SSSR count). The van der Waals surface area contributed by atoms with Crippen LogP contribution in [0.15, 0.2) is 24.3 Å². The summed E-state index contributed by atoms with van der Waals surface area (Å²) in [4.78, 5) is 19.7. The summed E-state index contributed by atoms with van der Waals surface area (Å²) in [6.07, 6.45) is 0. The van der Waals surface area contributed by atoms with Gasteiger partial charge in [0.2, 0.25) is 0 Å². The first kappa shape index (κ1) is 15.3. The van der Waals surface area contributed by atoms with E-state index in [2.05, 4.69) is 52.0 Å². The molecule has 26 heavy (non-hydrogen) atoms. The van der Waals surface area contributed by atoms with E-state index in [-0.39, 0.29) is 11.2 Å². The smallest absolute Gasteiger partial charge is 0.196 e. The number of fused-ring (bicyclic) bond motifs is 9. The van der Waals surface area contributed by atoms with Crippen molar-refractivity contribution >= 4 is 49.9 Å². The van der Waals surface area contributed by atoms with Gasteiger partial charge in [0.25, 0.3) is 0 Å². The number of carbonyl (C=O) groups is 1. The van der Waals surface area contributed by atoms with Crippen LogP contribution in [0.2, 0.25) is 0 Å². The second-order valence-electron chi connectivity index (χ2n) is 7.82. The van der Waals surface area contributed by atoms with E-state index in [9.17, 15) is 4.79 Å². The number of hydrogen-bond acceptors (Lipinski definition) is 4. The Morgan fingerprint density at radius 1 is 0.846 bits per heavy atom. The minimum absolute atomic E-state index is 0.00492. The Balaban J connectivity index is 1.72. The SMILES string of the molecule is Cc1cc2c(s1)-c1ccc3c4c(sc3c1C2=O)-c1sc(C)cc1C4(C)C. The first-order chi connectivity index (χ1) is 12.4. The van der Waals surface area contributed by atoms with Crippen LogP contribution >= 0.6 is 34.0 Å². The maximum absolute atomic E-state index is 13.2. The van der Waals surface area contributed by atoms with E-state index in [1.54, 1.807) is 11.3 Å². The summed E-state index contributed by atoms with van der Waals surface area (Å²) in [6.45, 7) is 8.92. The first-order valence-electron chi connectivity index (χ1n) is 8.74. The highest BCUT2D eigenvalue weighted by Gasteiger charge is 2.42. The van der Waals surface area contributed by atoms with Crippen LogP contribution in [0, 0.1) is 13.8 Å². The summed E-state index contributed by atoms with van der Waals surface area (Å²) in [7, 11) is 0. The van der Waals surface area contributed by atoms with Crippen LogP contribution in [-0.2, 0) is 5.41 Å². The molecule has 0 atom stereocenters. The summed E-state index contributed by atoms with van der Waals surface area (Å²) in [5, 5.41) is 1.27. The number of hydrogen-bond donors (Lipinski definition) is 0. The van der Waals surface area contributed by atoms with E-state index in [1.807, 2.05) is 22.7 Å². The molecule has 4 aromatic rings. The van der Waals surface area contributed by atoms with Crippen molar-refractivity contribution in [1.29, 1.82) is 0 Å². The Kier molecular flexibility index (Phi) is 2.69. The molecule has 1 aromatic carbocycles. The average molecular weight is 393 g/mol. The molecule has 3 heterocycles. The van der Waals surface area contributed by atoms with Gasteiger partial charge in [-0.2, -0.15) is 0 Å². The maximum atomic E-state index is 13.2. The Morgan fingerprint density at radius 2 is 1.58 bits per heavy atom. The summed E-state index contributed by atoms with van der Waals surface area (Å²) in [6, 6.07) is 8.84. The van der Waals surface area contributed by atoms with Crippen molar-refractivity contribution in [2.45, 2.75) is 33.1 Å². The van der Waals surface area contributed by atoms with Gasteiger partial charge in [-0.05, 0) is 42.5 Å². The molecule has 0 saturated carbocycles. The van der Waals surface area contributed by atoms with E-state index >= 15 is 0 Å². The number of aryl methyl sites for hydroxylation is 2. The maximum Gasteiger partial charge on any atom is 0.196 e. The summed E-state index contributed by atoms with van der Waals surface area (Å²) < 4.78 is 1.18. The fraction of sp³-hybridized carbons (Fsp3) is 0.227. The van der Waals surface area contributed by atoms with Crippen LogP contribution in [0.1, 0.15) is 50.7 Å². The van der Waals surface area contributed by atoms with Gasteiger partial charge in [-0.15, -0.1) is 34.0 Å². The predicted molar refractivity (Wildman–Crippen MR) is 113 cm³/mol. The Bertz CT molecular complexity index is 1290. The lowest BCUT2D eigenvalue weighted by Gasteiger charge is -2.20. The Labute approximate surface area is 163 Å². The predicted octanol–water partition coefficient (Wildman–Crippen LogP) is 7.16. The van der Waals surface area contributed by atoms with Gasteiger partial charge in [0.15, 0.2) is 5.78 Å². The third-order valence-electron chi connectivity index (χ3n) is 5.79. The standard InChI is InChI=1S/C22H16OS3/c1-9-7-13-17(23)15-11(18(13)24-9)5-6-12-16-21(26-19(12)15)20-14(22(16,3)4)8-10(2)25-20/h5-8H,1-4H3. The molecule has 0 fully saturated rings. The fourth-order valence-corrected chi connectivity index (χ4v) is 8.52. The third kappa shape index (κ3) is 1.60. The van der Waals surface area contributed by atoms with Gasteiger partial charge in [-0.3, -0.25) is 4.79 Å². The molecule has 0 saturated heterocycles. The molecule has 0 N–H and O–H groups in total. The van der Waals surface area contributed by atoms with Crippen LogP contribution in [0.3, 0.4) is 0 Å². The van der Waals surface area contributed by atoms with Gasteiger partial charge >= 0.3 is 0 Å². The molecule has 0 aliphatic heterocycles. The normalized spacial score (nSPS) is 16.1. The van der Waals surface area contributed by atoms with Crippen LogP contribution in [0.25, 0.3) is 30.3 Å². The molecule has 0 radical (unpaired) electrons. The minimum atomic E-state index is 0.00492. The molecule has 1 nitrogen and oxygen atoms in total. The van der Waals surface area contributed by atoms with Crippen LogP contribution < -0.4 is 0 Å². The molecular formula is C22H16OS3. The highest BCUT2D eigenvalue weighted by Crippen LogP contribution is 2.59. The highest BCUT2D eigenvalue weighted by molar-refractivity contribution is 7.27. The van der Waals surface area contributed by atoms with Crippen LogP contribution in [-0.4, -0.2) is 5.78 Å². The number of thiophene rings is 3. The van der Waals surface area contributed by atoms with Gasteiger partial charge < -0.3 is 0 Å². The Morgan fingerprint density at radius 3 is 2.38 bits per heavy atom. The lowest BCUT2D eigenvalue weighted by atomic mass is 9.82. The number of benzene rings is 1.